The Bertz CT molecular complexity index is 310. The monoisotopic (exact) mass is 208 g/mol. The van der Waals surface area contributed by atoms with Gasteiger partial charge in [0.05, 0.1) is 12.2 Å². The lowest BCUT2D eigenvalue weighted by molar-refractivity contribution is 0.304. The van der Waals surface area contributed by atoms with Crippen LogP contribution in [0.2, 0.25) is 0 Å². The van der Waals surface area contributed by atoms with Gasteiger partial charge in [0.2, 0.25) is 0 Å². The predicted molar refractivity (Wildman–Crippen MR) is 60.5 cm³/mol. The minimum absolute atomic E-state index is 0.259. The zero-order valence-electron chi connectivity index (χ0n) is 9.56. The molecule has 0 aromatic carbocycles. The summed E-state index contributed by atoms with van der Waals surface area (Å²) in [6.45, 7) is 4.24. The fraction of sp³-hybridized carbons (Fsp3) is 0.727. The number of rotatable bonds is 3. The summed E-state index contributed by atoms with van der Waals surface area (Å²) in [6.07, 6.45) is 6.30. The van der Waals surface area contributed by atoms with Gasteiger partial charge in [-0.3, -0.25) is 9.58 Å². The van der Waals surface area contributed by atoms with E-state index in [2.05, 4.69) is 30.2 Å². The molecule has 4 heteroatoms. The third-order valence-corrected chi connectivity index (χ3v) is 3.14. The van der Waals surface area contributed by atoms with Crippen molar-refractivity contribution in [3.8, 4) is 0 Å². The number of aromatic nitrogens is 2. The van der Waals surface area contributed by atoms with Crippen LogP contribution in [0.25, 0.3) is 0 Å². The van der Waals surface area contributed by atoms with Crippen LogP contribution >= 0.6 is 0 Å². The summed E-state index contributed by atoms with van der Waals surface area (Å²) in [5, 5.41) is 4.35. The summed E-state index contributed by atoms with van der Waals surface area (Å²) in [6, 6.07) is 0.616. The van der Waals surface area contributed by atoms with Crippen LogP contribution < -0.4 is 5.73 Å². The molecule has 0 bridgehead atoms. The lowest BCUT2D eigenvalue weighted by Gasteiger charge is -2.21. The highest BCUT2D eigenvalue weighted by atomic mass is 15.3. The zero-order valence-corrected chi connectivity index (χ0v) is 9.56. The van der Waals surface area contributed by atoms with Crippen LogP contribution in [0.5, 0.6) is 0 Å². The molecule has 1 saturated heterocycles. The molecule has 2 atom stereocenters. The normalized spacial score (nSPS) is 27.4. The molecular formula is C11H20N4. The summed E-state index contributed by atoms with van der Waals surface area (Å²) >= 11 is 0. The van der Waals surface area contributed by atoms with Crippen molar-refractivity contribution in [1.29, 1.82) is 0 Å². The first-order valence-corrected chi connectivity index (χ1v) is 5.70. The Morgan fingerprint density at radius 2 is 2.40 bits per heavy atom. The number of likely N-dealkylation sites (N-methyl/N-ethyl adjacent to an activating group) is 1. The van der Waals surface area contributed by atoms with Crippen LogP contribution in [-0.2, 0) is 6.54 Å². The molecule has 2 N–H and O–H groups in total. The van der Waals surface area contributed by atoms with Crippen LogP contribution in [0.4, 0.5) is 0 Å². The minimum atomic E-state index is 0.259. The van der Waals surface area contributed by atoms with Crippen molar-refractivity contribution in [2.75, 3.05) is 13.6 Å². The Morgan fingerprint density at radius 3 is 3.00 bits per heavy atom. The molecule has 4 nitrogen and oxygen atoms in total. The van der Waals surface area contributed by atoms with Gasteiger partial charge in [-0.05, 0) is 19.9 Å². The molecule has 2 heterocycles. The number of aryl methyl sites for hydroxylation is 1. The molecule has 1 fully saturated rings. The second-order valence-electron chi connectivity index (χ2n) is 4.41. The number of nitrogens with two attached hydrogens (primary N) is 1. The molecule has 1 aromatic rings. The highest BCUT2D eigenvalue weighted by Crippen LogP contribution is 2.28. The first kappa shape index (κ1) is 10.6. The summed E-state index contributed by atoms with van der Waals surface area (Å²) < 4.78 is 2.01. The average molecular weight is 208 g/mol. The van der Waals surface area contributed by atoms with Crippen LogP contribution in [0, 0.1) is 0 Å². The third-order valence-electron chi connectivity index (χ3n) is 3.14. The minimum Gasteiger partial charge on any atom is -0.326 e. The lowest BCUT2D eigenvalue weighted by atomic mass is 10.1. The summed E-state index contributed by atoms with van der Waals surface area (Å²) in [4.78, 5) is 2.32. The Hall–Kier alpha value is -0.870. The van der Waals surface area contributed by atoms with E-state index in [1.54, 1.807) is 0 Å². The van der Waals surface area contributed by atoms with Gasteiger partial charge in [-0.25, -0.2) is 0 Å². The summed E-state index contributed by atoms with van der Waals surface area (Å²) in [7, 11) is 2.13. The second-order valence-corrected chi connectivity index (χ2v) is 4.41. The molecule has 0 saturated carbocycles. The maximum atomic E-state index is 6.11. The van der Waals surface area contributed by atoms with Crippen molar-refractivity contribution in [2.45, 2.75) is 38.4 Å². The zero-order chi connectivity index (χ0) is 10.8. The van der Waals surface area contributed by atoms with E-state index in [1.807, 2.05) is 10.9 Å². The highest BCUT2D eigenvalue weighted by molar-refractivity contribution is 5.15. The van der Waals surface area contributed by atoms with E-state index in [9.17, 15) is 0 Å². The molecule has 15 heavy (non-hydrogen) atoms. The Morgan fingerprint density at radius 1 is 1.60 bits per heavy atom. The first-order valence-electron chi connectivity index (χ1n) is 5.70. The fourth-order valence-corrected chi connectivity index (χ4v) is 2.36. The standard InChI is InChI=1S/C11H20N4/c1-3-5-15-8-9(7-13-15)11-10(12)4-6-14(11)2/h7-8,10-11H,3-6,12H2,1-2H3. The first-order chi connectivity index (χ1) is 7.22. The topological polar surface area (TPSA) is 47.1 Å². The van der Waals surface area contributed by atoms with Crippen molar-refractivity contribution in [3.63, 3.8) is 0 Å². The van der Waals surface area contributed by atoms with Crippen molar-refractivity contribution < 1.29 is 0 Å². The maximum absolute atomic E-state index is 6.11. The van der Waals surface area contributed by atoms with Gasteiger partial charge >= 0.3 is 0 Å². The summed E-state index contributed by atoms with van der Waals surface area (Å²) in [5.74, 6) is 0. The van der Waals surface area contributed by atoms with E-state index < -0.39 is 0 Å². The molecule has 0 aliphatic carbocycles. The van der Waals surface area contributed by atoms with Gasteiger partial charge in [-0.2, -0.15) is 5.10 Å². The van der Waals surface area contributed by atoms with Crippen LogP contribution in [-0.4, -0.2) is 34.3 Å². The van der Waals surface area contributed by atoms with Gasteiger partial charge in [0.15, 0.2) is 0 Å². The van der Waals surface area contributed by atoms with Gasteiger partial charge in [0.25, 0.3) is 0 Å². The molecule has 1 aromatic heterocycles. The molecule has 2 unspecified atom stereocenters. The third kappa shape index (κ3) is 2.06. The number of hydrogen-bond donors (Lipinski definition) is 1. The van der Waals surface area contributed by atoms with Crippen LogP contribution in [0.15, 0.2) is 12.4 Å². The smallest absolute Gasteiger partial charge is 0.0538 e. The molecule has 2 rings (SSSR count). The van der Waals surface area contributed by atoms with Gasteiger partial charge in [0, 0.05) is 30.9 Å². The Kier molecular flexibility index (Phi) is 3.07. The summed E-state index contributed by atoms with van der Waals surface area (Å²) in [5.41, 5.74) is 7.37. The van der Waals surface area contributed by atoms with Gasteiger partial charge in [-0.1, -0.05) is 6.92 Å². The quantitative estimate of drug-likeness (QED) is 0.806. The number of nitrogens with zero attached hydrogens (tertiary/aromatic N) is 3. The van der Waals surface area contributed by atoms with Crippen LogP contribution in [0.3, 0.4) is 0 Å². The lowest BCUT2D eigenvalue weighted by Crippen LogP contribution is -2.29. The van der Waals surface area contributed by atoms with E-state index >= 15 is 0 Å². The van der Waals surface area contributed by atoms with E-state index in [0.717, 1.165) is 25.9 Å². The van der Waals surface area contributed by atoms with Crippen molar-refractivity contribution >= 4 is 0 Å². The van der Waals surface area contributed by atoms with Crippen molar-refractivity contribution in [2.24, 2.45) is 5.73 Å². The van der Waals surface area contributed by atoms with Gasteiger partial charge in [0.1, 0.15) is 0 Å². The highest BCUT2D eigenvalue weighted by Gasteiger charge is 2.30. The molecule has 0 radical (unpaired) electrons. The molecular weight excluding hydrogens is 188 g/mol. The molecule has 0 amide bonds. The van der Waals surface area contributed by atoms with Gasteiger partial charge in [-0.15, -0.1) is 0 Å². The van der Waals surface area contributed by atoms with E-state index in [0.29, 0.717) is 6.04 Å². The second kappa shape index (κ2) is 4.33. The van der Waals surface area contributed by atoms with E-state index in [4.69, 9.17) is 5.73 Å². The SMILES string of the molecule is CCCn1cc(C2C(N)CCN2C)cn1. The maximum Gasteiger partial charge on any atom is 0.0538 e. The average Bonchev–Trinajstić information content (AvgIpc) is 2.75. The molecule has 0 spiro atoms. The Labute approximate surface area is 91.1 Å². The molecule has 1 aliphatic rings. The Balaban J connectivity index is 2.14. The van der Waals surface area contributed by atoms with E-state index in [1.165, 1.54) is 5.56 Å². The van der Waals surface area contributed by atoms with E-state index in [-0.39, 0.29) is 6.04 Å². The van der Waals surface area contributed by atoms with Crippen molar-refractivity contribution in [1.82, 2.24) is 14.7 Å². The molecule has 84 valence electrons. The number of hydrogen-bond acceptors (Lipinski definition) is 3. The fourth-order valence-electron chi connectivity index (χ4n) is 2.36. The number of likely N-dealkylation sites (tertiary alicyclic amines) is 1. The molecule has 1 aliphatic heterocycles. The largest absolute Gasteiger partial charge is 0.326 e. The van der Waals surface area contributed by atoms with Crippen molar-refractivity contribution in [3.05, 3.63) is 18.0 Å². The van der Waals surface area contributed by atoms with Gasteiger partial charge < -0.3 is 5.73 Å². The predicted octanol–water partition coefficient (Wildman–Crippen LogP) is 0.997. The van der Waals surface area contributed by atoms with Crippen LogP contribution in [0.1, 0.15) is 31.4 Å².